The van der Waals surface area contributed by atoms with Crippen LogP contribution in [-0.4, -0.2) is 0 Å². The molecule has 0 aliphatic rings. The predicted octanol–water partition coefficient (Wildman–Crippen LogP) is 13.2. The summed E-state index contributed by atoms with van der Waals surface area (Å²) in [5, 5.41) is 7.54. The minimum absolute atomic E-state index is 0.507. The number of anilines is 4. The fraction of sp³-hybridized carbons (Fsp3) is 0.429. The van der Waals surface area contributed by atoms with Crippen molar-refractivity contribution in [2.45, 2.75) is 121 Å². The molecular formula is C42H58N2. The van der Waals surface area contributed by atoms with Crippen LogP contribution in [0.1, 0.15) is 135 Å². The Morgan fingerprint density at radius 3 is 0.795 bits per heavy atom. The molecule has 4 rings (SSSR count). The Labute approximate surface area is 269 Å². The van der Waals surface area contributed by atoms with E-state index in [2.05, 4.69) is 168 Å². The van der Waals surface area contributed by atoms with Crippen LogP contribution in [0.15, 0.2) is 60.7 Å². The highest BCUT2D eigenvalue weighted by atomic mass is 14.9. The van der Waals surface area contributed by atoms with Crippen molar-refractivity contribution in [2.24, 2.45) is 0 Å². The first-order chi connectivity index (χ1) is 20.6. The van der Waals surface area contributed by atoms with Crippen LogP contribution in [0.25, 0.3) is 0 Å². The van der Waals surface area contributed by atoms with Crippen molar-refractivity contribution in [3.63, 3.8) is 0 Å². The molecule has 236 valence electrons. The first-order valence-electron chi connectivity index (χ1n) is 16.6. The quantitative estimate of drug-likeness (QED) is 0.213. The lowest BCUT2D eigenvalue weighted by Gasteiger charge is -2.23. The lowest BCUT2D eigenvalue weighted by molar-refractivity contribution is 0.838. The van der Waals surface area contributed by atoms with Crippen LogP contribution in [0.5, 0.6) is 0 Å². The summed E-state index contributed by atoms with van der Waals surface area (Å²) in [6, 6.07) is 22.4. The van der Waals surface area contributed by atoms with Crippen LogP contribution in [0.4, 0.5) is 22.7 Å². The maximum atomic E-state index is 3.77. The Bertz CT molecular complexity index is 1350. The molecule has 4 aromatic rings. The van der Waals surface area contributed by atoms with Crippen LogP contribution in [0.2, 0.25) is 0 Å². The smallest absolute Gasteiger partial charge is 0.0454 e. The Hall–Kier alpha value is -3.52. The van der Waals surface area contributed by atoms with Crippen molar-refractivity contribution in [3.05, 3.63) is 116 Å². The second kappa shape index (κ2) is 15.0. The van der Waals surface area contributed by atoms with Gasteiger partial charge in [0.25, 0.3) is 0 Å². The third kappa shape index (κ3) is 8.35. The summed E-state index contributed by atoms with van der Waals surface area (Å²) < 4.78 is 0. The number of hydrogen-bond acceptors (Lipinski definition) is 2. The predicted molar refractivity (Wildman–Crippen MR) is 197 cm³/mol. The minimum Gasteiger partial charge on any atom is -0.355 e. The summed E-state index contributed by atoms with van der Waals surface area (Å²) in [5.41, 5.74) is 18.6. The first kappa shape index (κ1) is 35.0. The van der Waals surface area contributed by atoms with Gasteiger partial charge >= 0.3 is 0 Å². The number of nitrogens with one attached hydrogen (secondary N) is 2. The Morgan fingerprint density at radius 2 is 0.591 bits per heavy atom. The van der Waals surface area contributed by atoms with Gasteiger partial charge in [0.05, 0.1) is 0 Å². The molecule has 0 fully saturated rings. The van der Waals surface area contributed by atoms with Gasteiger partial charge in [0, 0.05) is 22.7 Å². The molecule has 2 nitrogen and oxygen atoms in total. The van der Waals surface area contributed by atoms with E-state index in [1.54, 1.807) is 0 Å². The lowest BCUT2D eigenvalue weighted by Crippen LogP contribution is -2.06. The first-order valence-corrected chi connectivity index (χ1v) is 16.6. The zero-order chi connectivity index (χ0) is 32.9. The molecule has 0 radical (unpaired) electrons. The largest absolute Gasteiger partial charge is 0.355 e. The second-order valence-corrected chi connectivity index (χ2v) is 14.0. The van der Waals surface area contributed by atoms with Crippen molar-refractivity contribution in [2.75, 3.05) is 10.6 Å². The molecule has 0 aliphatic heterocycles. The van der Waals surface area contributed by atoms with E-state index in [9.17, 15) is 0 Å². The van der Waals surface area contributed by atoms with Gasteiger partial charge in [-0.1, -0.05) is 127 Å². The number of rotatable bonds is 8. The molecule has 44 heavy (non-hydrogen) atoms. The van der Waals surface area contributed by atoms with Crippen LogP contribution < -0.4 is 10.6 Å². The van der Waals surface area contributed by atoms with Crippen molar-refractivity contribution in [3.8, 4) is 0 Å². The molecular weight excluding hydrogens is 532 g/mol. The summed E-state index contributed by atoms with van der Waals surface area (Å²) in [7, 11) is 0. The molecule has 0 atom stereocenters. The molecule has 0 spiro atoms. The standard InChI is InChI=1S/2C21H29N/c2*1-13(2)18-9-8-10-19(14(3)4)21(18)22-20-16(6)11-15(5)12-17(20)7/h2*8-14,22H,1-7H3. The molecule has 2 N–H and O–H groups in total. The molecule has 0 aliphatic carbocycles. The summed E-state index contributed by atoms with van der Waals surface area (Å²) in [6.45, 7) is 31.2. The lowest BCUT2D eigenvalue weighted by atomic mass is 9.92. The van der Waals surface area contributed by atoms with Gasteiger partial charge in [-0.3, -0.25) is 0 Å². The molecule has 0 aromatic heterocycles. The fourth-order valence-corrected chi connectivity index (χ4v) is 6.40. The van der Waals surface area contributed by atoms with Crippen molar-refractivity contribution in [1.29, 1.82) is 0 Å². The maximum absolute atomic E-state index is 3.77. The number of aryl methyl sites for hydroxylation is 6. The molecule has 0 unspecified atom stereocenters. The van der Waals surface area contributed by atoms with Crippen LogP contribution in [-0.2, 0) is 0 Å². The molecule has 2 heteroatoms. The maximum Gasteiger partial charge on any atom is 0.0454 e. The van der Waals surface area contributed by atoms with Crippen LogP contribution in [0.3, 0.4) is 0 Å². The van der Waals surface area contributed by atoms with E-state index in [1.165, 1.54) is 78.4 Å². The van der Waals surface area contributed by atoms with E-state index in [0.717, 1.165) is 0 Å². The van der Waals surface area contributed by atoms with Gasteiger partial charge in [0.1, 0.15) is 0 Å². The van der Waals surface area contributed by atoms with Gasteiger partial charge in [0.2, 0.25) is 0 Å². The normalized spacial score (nSPS) is 11.3. The van der Waals surface area contributed by atoms with Gasteiger partial charge in [-0.15, -0.1) is 0 Å². The van der Waals surface area contributed by atoms with Crippen molar-refractivity contribution >= 4 is 22.7 Å². The Morgan fingerprint density at radius 1 is 0.364 bits per heavy atom. The minimum atomic E-state index is 0.507. The van der Waals surface area contributed by atoms with E-state index in [4.69, 9.17) is 0 Å². The van der Waals surface area contributed by atoms with Crippen molar-refractivity contribution < 1.29 is 0 Å². The molecule has 0 heterocycles. The summed E-state index contributed by atoms with van der Waals surface area (Å²) in [4.78, 5) is 0. The Kier molecular flexibility index (Phi) is 11.9. The zero-order valence-electron chi connectivity index (χ0n) is 30.1. The van der Waals surface area contributed by atoms with Gasteiger partial charge in [-0.25, -0.2) is 0 Å². The number of benzene rings is 4. The second-order valence-electron chi connectivity index (χ2n) is 14.0. The average molecular weight is 591 g/mol. The summed E-state index contributed by atoms with van der Waals surface area (Å²) >= 11 is 0. The Balaban J connectivity index is 0.000000240. The van der Waals surface area contributed by atoms with E-state index < -0.39 is 0 Å². The number of para-hydroxylation sites is 2. The molecule has 0 bridgehead atoms. The van der Waals surface area contributed by atoms with E-state index in [0.29, 0.717) is 23.7 Å². The highest BCUT2D eigenvalue weighted by molar-refractivity contribution is 5.74. The fourth-order valence-electron chi connectivity index (χ4n) is 6.40. The topological polar surface area (TPSA) is 24.1 Å². The highest BCUT2D eigenvalue weighted by Gasteiger charge is 2.17. The van der Waals surface area contributed by atoms with Crippen LogP contribution in [0, 0.1) is 41.5 Å². The molecule has 0 saturated heterocycles. The van der Waals surface area contributed by atoms with Crippen LogP contribution >= 0.6 is 0 Å². The zero-order valence-corrected chi connectivity index (χ0v) is 30.1. The third-order valence-electron chi connectivity index (χ3n) is 8.60. The molecule has 0 amide bonds. The van der Waals surface area contributed by atoms with E-state index in [-0.39, 0.29) is 0 Å². The summed E-state index contributed by atoms with van der Waals surface area (Å²) in [6.07, 6.45) is 0. The van der Waals surface area contributed by atoms with Gasteiger partial charge in [-0.2, -0.15) is 0 Å². The molecule has 4 aromatic carbocycles. The number of hydrogen-bond donors (Lipinski definition) is 2. The SMILES string of the molecule is Cc1cc(C)c(Nc2c(C(C)C)cccc2C(C)C)c(C)c1.Cc1cc(C)c(Nc2c(C(C)C)cccc2C(C)C)c(C)c1. The molecule has 0 saturated carbocycles. The summed E-state index contributed by atoms with van der Waals surface area (Å²) in [5.74, 6) is 2.03. The van der Waals surface area contributed by atoms with Crippen molar-refractivity contribution in [1.82, 2.24) is 0 Å². The van der Waals surface area contributed by atoms with E-state index in [1.807, 2.05) is 0 Å². The average Bonchev–Trinajstić information content (AvgIpc) is 2.92. The van der Waals surface area contributed by atoms with Gasteiger partial charge in [0.15, 0.2) is 0 Å². The highest BCUT2D eigenvalue weighted by Crippen LogP contribution is 2.38. The third-order valence-corrected chi connectivity index (χ3v) is 8.60. The van der Waals surface area contributed by atoms with E-state index >= 15 is 0 Å². The van der Waals surface area contributed by atoms with Gasteiger partial charge < -0.3 is 10.6 Å². The van der Waals surface area contributed by atoms with Gasteiger partial charge in [-0.05, 0) is 110 Å². The monoisotopic (exact) mass is 590 g/mol.